The second kappa shape index (κ2) is 9.70. The van der Waals surface area contributed by atoms with Crippen molar-refractivity contribution >= 4 is 6.03 Å². The molecule has 2 aromatic carbocycles. The van der Waals surface area contributed by atoms with Crippen LogP contribution in [0.25, 0.3) is 0 Å². The van der Waals surface area contributed by atoms with E-state index in [0.717, 1.165) is 16.7 Å². The topological polar surface area (TPSA) is 70.6 Å². The second-order valence-electron chi connectivity index (χ2n) is 5.50. The molecule has 0 saturated carbocycles. The molecule has 0 aromatic heterocycles. The number of carbonyl (C=O) groups is 1. The molecule has 0 aliphatic rings. The van der Waals surface area contributed by atoms with E-state index in [0.29, 0.717) is 19.6 Å². The average Bonchev–Trinajstić information content (AvgIpc) is 2.62. The van der Waals surface area contributed by atoms with Gasteiger partial charge in [0, 0.05) is 20.3 Å². The van der Waals surface area contributed by atoms with Crippen LogP contribution >= 0.6 is 0 Å². The maximum atomic E-state index is 12.2. The lowest BCUT2D eigenvalue weighted by molar-refractivity contribution is 0.184. The lowest BCUT2D eigenvalue weighted by Crippen LogP contribution is -2.38. The van der Waals surface area contributed by atoms with Gasteiger partial charge in [0.15, 0.2) is 0 Å². The first-order chi connectivity index (χ1) is 11.7. The predicted molar refractivity (Wildman–Crippen MR) is 93.4 cm³/mol. The first-order valence-electron chi connectivity index (χ1n) is 8.00. The van der Waals surface area contributed by atoms with Crippen LogP contribution in [0.15, 0.2) is 54.6 Å². The van der Waals surface area contributed by atoms with Gasteiger partial charge in [0.1, 0.15) is 0 Å². The minimum absolute atomic E-state index is 0.0104. The molecule has 0 heterocycles. The summed E-state index contributed by atoms with van der Waals surface area (Å²) in [6.07, 6.45) is 0.470. The maximum Gasteiger partial charge on any atom is 0.315 e. The van der Waals surface area contributed by atoms with Crippen molar-refractivity contribution in [3.05, 3.63) is 71.3 Å². The van der Waals surface area contributed by atoms with Crippen molar-refractivity contribution in [3.63, 3.8) is 0 Å². The van der Waals surface area contributed by atoms with E-state index in [1.165, 1.54) is 0 Å². The fourth-order valence-corrected chi connectivity index (χ4v) is 2.55. The monoisotopic (exact) mass is 328 g/mol. The van der Waals surface area contributed by atoms with Gasteiger partial charge in [-0.05, 0) is 23.1 Å². The van der Waals surface area contributed by atoms with Crippen LogP contribution in [0.5, 0.6) is 0 Å². The van der Waals surface area contributed by atoms with Crippen LogP contribution in [0.1, 0.15) is 29.2 Å². The Kier molecular flexibility index (Phi) is 7.26. The highest BCUT2D eigenvalue weighted by molar-refractivity contribution is 5.74. The minimum atomic E-state index is -0.260. The lowest BCUT2D eigenvalue weighted by atomic mass is 10.0. The zero-order chi connectivity index (χ0) is 17.2. The molecular formula is C19H24N2O3. The molecule has 5 heteroatoms. The van der Waals surface area contributed by atoms with Crippen molar-refractivity contribution in [3.8, 4) is 0 Å². The summed E-state index contributed by atoms with van der Waals surface area (Å²) < 4.78 is 5.17. The Morgan fingerprint density at radius 1 is 1.08 bits per heavy atom. The van der Waals surface area contributed by atoms with Crippen molar-refractivity contribution in [2.75, 3.05) is 13.7 Å². The van der Waals surface area contributed by atoms with Gasteiger partial charge in [-0.25, -0.2) is 4.79 Å². The Labute approximate surface area is 142 Å². The minimum Gasteiger partial charge on any atom is -0.396 e. The number of benzene rings is 2. The predicted octanol–water partition coefficient (Wildman–Crippen LogP) is 2.76. The van der Waals surface area contributed by atoms with Gasteiger partial charge in [-0.2, -0.15) is 0 Å². The second-order valence-corrected chi connectivity index (χ2v) is 5.50. The van der Waals surface area contributed by atoms with Crippen LogP contribution < -0.4 is 10.6 Å². The molecule has 2 amide bonds. The van der Waals surface area contributed by atoms with Crippen LogP contribution in [0.3, 0.4) is 0 Å². The van der Waals surface area contributed by atoms with E-state index < -0.39 is 0 Å². The molecule has 0 fully saturated rings. The third kappa shape index (κ3) is 5.37. The first kappa shape index (κ1) is 18.0. The van der Waals surface area contributed by atoms with Gasteiger partial charge in [0.2, 0.25) is 0 Å². The molecule has 0 aliphatic carbocycles. The molecule has 2 aromatic rings. The summed E-state index contributed by atoms with van der Waals surface area (Å²) in [6, 6.07) is 17.0. The average molecular weight is 328 g/mol. The summed E-state index contributed by atoms with van der Waals surface area (Å²) in [7, 11) is 1.65. The van der Waals surface area contributed by atoms with Gasteiger partial charge in [0.05, 0.1) is 12.6 Å². The quantitative estimate of drug-likeness (QED) is 0.698. The van der Waals surface area contributed by atoms with Crippen molar-refractivity contribution in [1.29, 1.82) is 0 Å². The van der Waals surface area contributed by atoms with Gasteiger partial charge in [-0.3, -0.25) is 0 Å². The third-order valence-electron chi connectivity index (χ3n) is 3.78. The molecule has 0 spiro atoms. The van der Waals surface area contributed by atoms with Crippen molar-refractivity contribution in [2.45, 2.75) is 25.6 Å². The largest absolute Gasteiger partial charge is 0.396 e. The Balaban J connectivity index is 1.94. The van der Waals surface area contributed by atoms with Gasteiger partial charge in [0.25, 0.3) is 0 Å². The molecule has 0 radical (unpaired) electrons. The zero-order valence-corrected chi connectivity index (χ0v) is 13.9. The van der Waals surface area contributed by atoms with Crippen molar-refractivity contribution in [1.82, 2.24) is 10.6 Å². The van der Waals surface area contributed by atoms with E-state index in [1.54, 1.807) is 7.11 Å². The molecule has 0 saturated heterocycles. The van der Waals surface area contributed by atoms with E-state index >= 15 is 0 Å². The number of hydrogen-bond acceptors (Lipinski definition) is 3. The van der Waals surface area contributed by atoms with Crippen molar-refractivity contribution in [2.24, 2.45) is 0 Å². The van der Waals surface area contributed by atoms with Gasteiger partial charge >= 0.3 is 6.03 Å². The summed E-state index contributed by atoms with van der Waals surface area (Å²) in [4.78, 5) is 12.2. The smallest absolute Gasteiger partial charge is 0.315 e. The van der Waals surface area contributed by atoms with Gasteiger partial charge in [-0.1, -0.05) is 54.6 Å². The number of urea groups is 1. The summed E-state index contributed by atoms with van der Waals surface area (Å²) in [6.45, 7) is 0.944. The molecule has 0 aliphatic heterocycles. The highest BCUT2D eigenvalue weighted by Gasteiger charge is 2.14. The highest BCUT2D eigenvalue weighted by atomic mass is 16.5. The number of hydrogen-bond donors (Lipinski definition) is 3. The van der Waals surface area contributed by atoms with Crippen LogP contribution in [0.4, 0.5) is 4.79 Å². The maximum absolute atomic E-state index is 12.2. The molecule has 3 N–H and O–H groups in total. The number of nitrogens with one attached hydrogen (secondary N) is 2. The normalized spacial score (nSPS) is 11.8. The number of carbonyl (C=O) groups excluding carboxylic acids is 1. The Bertz CT molecular complexity index is 632. The van der Waals surface area contributed by atoms with Crippen LogP contribution in [-0.2, 0) is 17.9 Å². The number of aliphatic hydroxyl groups is 1. The summed E-state index contributed by atoms with van der Waals surface area (Å²) in [5, 5.41) is 15.0. The van der Waals surface area contributed by atoms with Crippen molar-refractivity contribution < 1.29 is 14.6 Å². The fraction of sp³-hybridized carbons (Fsp3) is 0.316. The van der Waals surface area contributed by atoms with E-state index in [2.05, 4.69) is 10.6 Å². The fourth-order valence-electron chi connectivity index (χ4n) is 2.55. The Hall–Kier alpha value is -2.37. The van der Waals surface area contributed by atoms with E-state index in [9.17, 15) is 9.90 Å². The number of methoxy groups -OCH3 is 1. The number of rotatable bonds is 8. The molecule has 0 bridgehead atoms. The summed E-state index contributed by atoms with van der Waals surface area (Å²) in [5.74, 6) is 0. The molecule has 128 valence electrons. The summed E-state index contributed by atoms with van der Waals surface area (Å²) >= 11 is 0. The Morgan fingerprint density at radius 2 is 1.75 bits per heavy atom. The highest BCUT2D eigenvalue weighted by Crippen LogP contribution is 2.16. The molecule has 1 atom stereocenters. The standard InChI is InChI=1S/C19H24N2O3/c1-24-14-17-10-6-5-9-16(17)13-20-19(23)21-18(11-12-22)15-7-3-2-4-8-15/h2-10,18,22H,11-14H2,1H3,(H2,20,21,23)/t18-/m1/s1. The molecule has 24 heavy (non-hydrogen) atoms. The molecule has 5 nitrogen and oxygen atoms in total. The third-order valence-corrected chi connectivity index (χ3v) is 3.78. The lowest BCUT2D eigenvalue weighted by Gasteiger charge is -2.19. The molecule has 2 rings (SSSR count). The van der Waals surface area contributed by atoms with Gasteiger partial charge < -0.3 is 20.5 Å². The van der Waals surface area contributed by atoms with E-state index in [4.69, 9.17) is 4.74 Å². The molecular weight excluding hydrogens is 304 g/mol. The van der Waals surface area contributed by atoms with Gasteiger partial charge in [-0.15, -0.1) is 0 Å². The number of ether oxygens (including phenoxy) is 1. The van der Waals surface area contributed by atoms with Crippen LogP contribution in [0.2, 0.25) is 0 Å². The summed E-state index contributed by atoms with van der Waals surface area (Å²) in [5.41, 5.74) is 3.05. The number of amides is 2. The van der Waals surface area contributed by atoms with E-state index in [1.807, 2.05) is 54.6 Å². The SMILES string of the molecule is COCc1ccccc1CNC(=O)N[C@H](CCO)c1ccccc1. The Morgan fingerprint density at radius 3 is 2.42 bits per heavy atom. The van der Waals surface area contributed by atoms with Crippen LogP contribution in [-0.4, -0.2) is 24.9 Å². The first-order valence-corrected chi connectivity index (χ1v) is 8.00. The van der Waals surface area contributed by atoms with Crippen LogP contribution in [0, 0.1) is 0 Å². The van der Waals surface area contributed by atoms with E-state index in [-0.39, 0.29) is 18.7 Å². The zero-order valence-electron chi connectivity index (χ0n) is 13.9. The number of aliphatic hydroxyl groups excluding tert-OH is 1. The molecule has 0 unspecified atom stereocenters.